The van der Waals surface area contributed by atoms with Crippen molar-refractivity contribution < 1.29 is 18.4 Å². The first-order chi connectivity index (χ1) is 13.4. The molecular formula is C19H33F2N5O2. The van der Waals surface area contributed by atoms with Gasteiger partial charge >= 0.3 is 0 Å². The molecule has 0 spiro atoms. The Balaban J connectivity index is 1.26. The fraction of sp³-hybridized carbons (Fsp3) is 0.947. The Morgan fingerprint density at radius 1 is 1.18 bits per heavy atom. The second-order valence-corrected chi connectivity index (χ2v) is 8.70. The lowest BCUT2D eigenvalue weighted by Crippen LogP contribution is -2.53. The zero-order valence-electron chi connectivity index (χ0n) is 16.6. The lowest BCUT2D eigenvalue weighted by Gasteiger charge is -2.38. The van der Waals surface area contributed by atoms with Gasteiger partial charge in [-0.1, -0.05) is 6.92 Å². The van der Waals surface area contributed by atoms with Gasteiger partial charge in [0.05, 0.1) is 18.9 Å². The smallest absolute Gasteiger partial charge is 0.261 e. The SMILES string of the molecule is CCC(=O)N1CCC(C2NOC(C3CCNC(N4CCC(F)(F)C4)C3)N2)CC1. The lowest BCUT2D eigenvalue weighted by molar-refractivity contribution is -0.132. The summed E-state index contributed by atoms with van der Waals surface area (Å²) >= 11 is 0. The highest BCUT2D eigenvalue weighted by Gasteiger charge is 2.44. The van der Waals surface area contributed by atoms with Gasteiger partial charge < -0.3 is 10.2 Å². The first-order valence-corrected chi connectivity index (χ1v) is 10.8. The summed E-state index contributed by atoms with van der Waals surface area (Å²) < 4.78 is 27.1. The van der Waals surface area contributed by atoms with E-state index in [1.54, 1.807) is 0 Å². The molecule has 160 valence electrons. The summed E-state index contributed by atoms with van der Waals surface area (Å²) in [6.07, 6.45) is 4.23. The molecule has 4 saturated heterocycles. The van der Waals surface area contributed by atoms with Crippen LogP contribution in [0.25, 0.3) is 0 Å². The summed E-state index contributed by atoms with van der Waals surface area (Å²) in [5, 5.41) is 6.98. The molecule has 0 aromatic rings. The number of nitrogens with zero attached hydrogens (tertiary/aromatic N) is 2. The van der Waals surface area contributed by atoms with Crippen LogP contribution in [-0.2, 0) is 9.63 Å². The van der Waals surface area contributed by atoms with E-state index in [1.165, 1.54) is 0 Å². The number of hydrogen-bond acceptors (Lipinski definition) is 6. The van der Waals surface area contributed by atoms with Crippen LogP contribution in [0.1, 0.15) is 45.4 Å². The maximum absolute atomic E-state index is 13.6. The number of amides is 1. The molecule has 7 nitrogen and oxygen atoms in total. The van der Waals surface area contributed by atoms with Crippen LogP contribution in [0.3, 0.4) is 0 Å². The molecule has 0 aromatic heterocycles. The molecule has 4 aliphatic heterocycles. The third-order valence-corrected chi connectivity index (χ3v) is 6.82. The summed E-state index contributed by atoms with van der Waals surface area (Å²) in [5.41, 5.74) is 3.16. The molecule has 4 atom stereocenters. The third kappa shape index (κ3) is 4.48. The minimum Gasteiger partial charge on any atom is -0.343 e. The highest BCUT2D eigenvalue weighted by Crippen LogP contribution is 2.32. The predicted molar refractivity (Wildman–Crippen MR) is 100 cm³/mol. The number of rotatable bonds is 4. The van der Waals surface area contributed by atoms with E-state index in [9.17, 15) is 13.6 Å². The average Bonchev–Trinajstić information content (AvgIpc) is 3.34. The van der Waals surface area contributed by atoms with Gasteiger partial charge in [0.25, 0.3) is 5.92 Å². The summed E-state index contributed by atoms with van der Waals surface area (Å²) in [6, 6.07) is 0. The van der Waals surface area contributed by atoms with E-state index in [0.29, 0.717) is 24.8 Å². The second kappa shape index (κ2) is 8.47. The normalized spacial score (nSPS) is 37.5. The molecule has 9 heteroatoms. The first-order valence-electron chi connectivity index (χ1n) is 10.8. The average molecular weight is 402 g/mol. The van der Waals surface area contributed by atoms with E-state index >= 15 is 0 Å². The molecular weight excluding hydrogens is 368 g/mol. The maximum Gasteiger partial charge on any atom is 0.261 e. The Hall–Kier alpha value is -0.870. The van der Waals surface area contributed by atoms with Gasteiger partial charge in [-0.15, -0.1) is 0 Å². The lowest BCUT2D eigenvalue weighted by atomic mass is 9.91. The van der Waals surface area contributed by atoms with Crippen LogP contribution in [0.15, 0.2) is 0 Å². The van der Waals surface area contributed by atoms with Crippen molar-refractivity contribution in [1.29, 1.82) is 0 Å². The fourth-order valence-electron chi connectivity index (χ4n) is 5.07. The molecule has 4 heterocycles. The number of nitrogens with one attached hydrogen (secondary N) is 3. The first kappa shape index (κ1) is 20.4. The van der Waals surface area contributed by atoms with E-state index in [1.807, 2.05) is 16.7 Å². The number of carbonyl (C=O) groups is 1. The van der Waals surface area contributed by atoms with Crippen molar-refractivity contribution in [3.05, 3.63) is 0 Å². The number of alkyl halides is 2. The van der Waals surface area contributed by atoms with Gasteiger partial charge in [0.15, 0.2) is 0 Å². The Bertz CT molecular complexity index is 558. The summed E-state index contributed by atoms with van der Waals surface area (Å²) in [4.78, 5) is 21.5. The van der Waals surface area contributed by atoms with Crippen LogP contribution < -0.4 is 16.1 Å². The number of hydroxylamine groups is 1. The van der Waals surface area contributed by atoms with Crippen LogP contribution in [-0.4, -0.2) is 72.9 Å². The predicted octanol–water partition coefficient (Wildman–Crippen LogP) is 1.08. The number of halogens is 2. The molecule has 3 N–H and O–H groups in total. The van der Waals surface area contributed by atoms with Crippen LogP contribution in [0.4, 0.5) is 8.78 Å². The quantitative estimate of drug-likeness (QED) is 0.655. The van der Waals surface area contributed by atoms with Crippen molar-refractivity contribution in [2.75, 3.05) is 32.7 Å². The summed E-state index contributed by atoms with van der Waals surface area (Å²) in [7, 11) is 0. The number of piperidine rings is 2. The Morgan fingerprint density at radius 2 is 1.96 bits per heavy atom. The van der Waals surface area contributed by atoms with Crippen molar-refractivity contribution in [1.82, 2.24) is 25.9 Å². The van der Waals surface area contributed by atoms with Gasteiger partial charge in [0.1, 0.15) is 6.23 Å². The molecule has 4 rings (SSSR count). The van der Waals surface area contributed by atoms with E-state index in [2.05, 4.69) is 16.1 Å². The molecule has 0 saturated carbocycles. The molecule has 0 radical (unpaired) electrons. The summed E-state index contributed by atoms with van der Waals surface area (Å²) in [6.45, 7) is 4.64. The number of hydrogen-bond donors (Lipinski definition) is 3. The van der Waals surface area contributed by atoms with Crippen LogP contribution in [0, 0.1) is 11.8 Å². The van der Waals surface area contributed by atoms with E-state index in [4.69, 9.17) is 4.84 Å². The molecule has 28 heavy (non-hydrogen) atoms. The standard InChI is InChI=1S/C19H33F2N5O2/c1-2-16(27)25-8-4-13(5-9-25)17-23-18(28-24-17)14-3-7-22-15(11-14)26-10-6-19(20,21)12-26/h13-15,17-18,22-24H,2-12H2,1H3. The topological polar surface area (TPSA) is 68.9 Å². The van der Waals surface area contributed by atoms with Gasteiger partial charge in [-0.05, 0) is 38.1 Å². The molecule has 0 bridgehead atoms. The Kier molecular flexibility index (Phi) is 6.17. The summed E-state index contributed by atoms with van der Waals surface area (Å²) in [5.74, 6) is -1.61. The van der Waals surface area contributed by atoms with Crippen LogP contribution in [0.2, 0.25) is 0 Å². The highest BCUT2D eigenvalue weighted by molar-refractivity contribution is 5.75. The second-order valence-electron chi connectivity index (χ2n) is 8.70. The van der Waals surface area contributed by atoms with E-state index in [0.717, 1.165) is 45.3 Å². The maximum atomic E-state index is 13.6. The number of likely N-dealkylation sites (tertiary alicyclic amines) is 2. The fourth-order valence-corrected chi connectivity index (χ4v) is 5.07. The van der Waals surface area contributed by atoms with Crippen molar-refractivity contribution in [2.45, 2.75) is 69.9 Å². The van der Waals surface area contributed by atoms with Crippen molar-refractivity contribution in [2.24, 2.45) is 11.8 Å². The molecule has 4 unspecified atom stereocenters. The van der Waals surface area contributed by atoms with E-state index in [-0.39, 0.29) is 37.4 Å². The zero-order valence-corrected chi connectivity index (χ0v) is 16.6. The molecule has 1 amide bonds. The van der Waals surface area contributed by atoms with Crippen LogP contribution >= 0.6 is 0 Å². The number of carbonyl (C=O) groups excluding carboxylic acids is 1. The minimum atomic E-state index is -2.56. The monoisotopic (exact) mass is 401 g/mol. The largest absolute Gasteiger partial charge is 0.343 e. The molecule has 0 aromatic carbocycles. The molecule has 4 fully saturated rings. The van der Waals surface area contributed by atoms with Gasteiger partial charge in [0.2, 0.25) is 5.91 Å². The Morgan fingerprint density at radius 3 is 2.64 bits per heavy atom. The van der Waals surface area contributed by atoms with Crippen molar-refractivity contribution in [3.8, 4) is 0 Å². The van der Waals surface area contributed by atoms with Gasteiger partial charge in [-0.3, -0.25) is 19.8 Å². The van der Waals surface area contributed by atoms with Gasteiger partial charge in [0, 0.05) is 38.4 Å². The van der Waals surface area contributed by atoms with Gasteiger partial charge in [-0.25, -0.2) is 8.78 Å². The highest BCUT2D eigenvalue weighted by atomic mass is 19.3. The molecule has 4 aliphatic rings. The van der Waals surface area contributed by atoms with E-state index < -0.39 is 5.92 Å². The minimum absolute atomic E-state index is 0.000120. The third-order valence-electron chi connectivity index (χ3n) is 6.82. The van der Waals surface area contributed by atoms with Crippen molar-refractivity contribution in [3.63, 3.8) is 0 Å². The van der Waals surface area contributed by atoms with Crippen molar-refractivity contribution >= 4 is 5.91 Å². The molecule has 0 aliphatic carbocycles. The van der Waals surface area contributed by atoms with Crippen LogP contribution in [0.5, 0.6) is 0 Å². The van der Waals surface area contributed by atoms with Gasteiger partial charge in [-0.2, -0.15) is 5.48 Å². The Labute approximate surface area is 165 Å². The zero-order chi connectivity index (χ0) is 19.7.